The first-order valence-corrected chi connectivity index (χ1v) is 7.22. The van der Waals surface area contributed by atoms with Gasteiger partial charge >= 0.3 is 0 Å². The van der Waals surface area contributed by atoms with Crippen LogP contribution in [0.2, 0.25) is 0 Å². The molecule has 0 aliphatic carbocycles. The van der Waals surface area contributed by atoms with Gasteiger partial charge in [0.25, 0.3) is 5.91 Å². The van der Waals surface area contributed by atoms with Crippen LogP contribution >= 0.6 is 11.8 Å². The van der Waals surface area contributed by atoms with Gasteiger partial charge in [0.1, 0.15) is 0 Å². The minimum atomic E-state index is -0.507. The van der Waals surface area contributed by atoms with Crippen molar-refractivity contribution >= 4 is 35.2 Å². The first-order chi connectivity index (χ1) is 9.52. The van der Waals surface area contributed by atoms with Crippen molar-refractivity contribution in [2.24, 2.45) is 16.5 Å². The number of thioether (sulfide) groups is 1. The van der Waals surface area contributed by atoms with Crippen molar-refractivity contribution in [1.82, 2.24) is 0 Å². The molecule has 106 valence electrons. The minimum Gasteiger partial charge on any atom is -0.370 e. The molecule has 2 rings (SSSR count). The van der Waals surface area contributed by atoms with Gasteiger partial charge in [0, 0.05) is 17.0 Å². The molecule has 6 nitrogen and oxygen atoms in total. The second kappa shape index (κ2) is 5.96. The van der Waals surface area contributed by atoms with Gasteiger partial charge in [-0.25, -0.2) is 0 Å². The number of hydrogen-bond acceptors (Lipinski definition) is 3. The fraction of sp³-hybridized carbons (Fsp3) is 0.308. The first-order valence-electron chi connectivity index (χ1n) is 6.24. The summed E-state index contributed by atoms with van der Waals surface area (Å²) >= 11 is 1.47. The molecule has 1 aromatic rings. The molecular formula is C13H16N4O2S. The molecule has 20 heavy (non-hydrogen) atoms. The zero-order chi connectivity index (χ0) is 14.7. The molecule has 7 heteroatoms. The number of benzene rings is 1. The normalized spacial score (nSPS) is 13.8. The summed E-state index contributed by atoms with van der Waals surface area (Å²) in [7, 11) is 0. The number of amides is 2. The molecule has 4 N–H and O–H groups in total. The molecule has 0 aromatic heterocycles. The smallest absolute Gasteiger partial charge is 0.280 e. The lowest BCUT2D eigenvalue weighted by Gasteiger charge is -2.28. The van der Waals surface area contributed by atoms with E-state index >= 15 is 0 Å². The Morgan fingerprint density at radius 2 is 2.20 bits per heavy atom. The molecule has 1 aliphatic rings. The number of hydrogen-bond donors (Lipinski definition) is 2. The summed E-state index contributed by atoms with van der Waals surface area (Å²) in [6.07, 6.45) is 0.849. The van der Waals surface area contributed by atoms with Crippen molar-refractivity contribution in [2.45, 2.75) is 18.2 Å². The maximum atomic E-state index is 12.0. The number of nitrogens with two attached hydrogens (primary N) is 2. The van der Waals surface area contributed by atoms with Crippen molar-refractivity contribution in [2.75, 3.05) is 17.2 Å². The SMILES string of the molecule is CCCN1C(=O)CSc2ccc(C(=O)N=C(N)N)cc21. The molecule has 0 saturated carbocycles. The molecular weight excluding hydrogens is 276 g/mol. The average molecular weight is 292 g/mol. The van der Waals surface area contributed by atoms with Crippen LogP contribution < -0.4 is 16.4 Å². The predicted molar refractivity (Wildman–Crippen MR) is 80.0 cm³/mol. The van der Waals surface area contributed by atoms with Gasteiger partial charge in [0.15, 0.2) is 5.96 Å². The molecule has 0 saturated heterocycles. The highest BCUT2D eigenvalue weighted by molar-refractivity contribution is 8.00. The lowest BCUT2D eigenvalue weighted by molar-refractivity contribution is -0.116. The van der Waals surface area contributed by atoms with E-state index < -0.39 is 5.91 Å². The highest BCUT2D eigenvalue weighted by Crippen LogP contribution is 2.36. The topological polar surface area (TPSA) is 102 Å². The van der Waals surface area contributed by atoms with Crippen LogP contribution in [0.4, 0.5) is 5.69 Å². The average Bonchev–Trinajstić information content (AvgIpc) is 2.41. The monoisotopic (exact) mass is 292 g/mol. The Bertz CT molecular complexity index is 582. The van der Waals surface area contributed by atoms with Gasteiger partial charge in [-0.1, -0.05) is 6.92 Å². The lowest BCUT2D eigenvalue weighted by atomic mass is 10.1. The fourth-order valence-electron chi connectivity index (χ4n) is 1.99. The van der Waals surface area contributed by atoms with Crippen LogP contribution in [0.5, 0.6) is 0 Å². The summed E-state index contributed by atoms with van der Waals surface area (Å²) in [6, 6.07) is 5.16. The molecule has 1 aliphatic heterocycles. The Labute approximate surface area is 121 Å². The van der Waals surface area contributed by atoms with E-state index in [1.54, 1.807) is 17.0 Å². The van der Waals surface area contributed by atoms with Crippen molar-refractivity contribution in [1.29, 1.82) is 0 Å². The van der Waals surface area contributed by atoms with E-state index in [-0.39, 0.29) is 11.9 Å². The first kappa shape index (κ1) is 14.4. The number of anilines is 1. The molecule has 1 heterocycles. The Morgan fingerprint density at radius 1 is 1.45 bits per heavy atom. The highest BCUT2D eigenvalue weighted by atomic mass is 32.2. The predicted octanol–water partition coefficient (Wildman–Crippen LogP) is 0.949. The molecule has 0 bridgehead atoms. The Kier molecular flexibility index (Phi) is 4.29. The third kappa shape index (κ3) is 2.93. The summed E-state index contributed by atoms with van der Waals surface area (Å²) in [5, 5.41) is 0. The van der Waals surface area contributed by atoms with Crippen molar-refractivity contribution in [3.63, 3.8) is 0 Å². The Balaban J connectivity index is 2.40. The van der Waals surface area contributed by atoms with Crippen LogP contribution in [-0.2, 0) is 4.79 Å². The number of carbonyl (C=O) groups excluding carboxylic acids is 2. The van der Waals surface area contributed by atoms with Crippen LogP contribution in [0.1, 0.15) is 23.7 Å². The summed E-state index contributed by atoms with van der Waals surface area (Å²) in [6.45, 7) is 2.63. The number of aliphatic imine (C=N–C) groups is 1. The summed E-state index contributed by atoms with van der Waals surface area (Å²) in [5.41, 5.74) is 11.5. The summed E-state index contributed by atoms with van der Waals surface area (Å²) in [4.78, 5) is 30.0. The van der Waals surface area contributed by atoms with Crippen molar-refractivity contribution < 1.29 is 9.59 Å². The van der Waals surface area contributed by atoms with Gasteiger partial charge in [0.05, 0.1) is 11.4 Å². The van der Waals surface area contributed by atoms with Crippen LogP contribution in [0.25, 0.3) is 0 Å². The minimum absolute atomic E-state index is 0.0517. The van der Waals surface area contributed by atoms with E-state index in [1.165, 1.54) is 11.8 Å². The summed E-state index contributed by atoms with van der Waals surface area (Å²) in [5.74, 6) is -0.305. The van der Waals surface area contributed by atoms with Gasteiger partial charge in [-0.3, -0.25) is 9.59 Å². The molecule has 0 spiro atoms. The second-order valence-electron chi connectivity index (χ2n) is 4.36. The number of guanidine groups is 1. The molecule has 0 fully saturated rings. The quantitative estimate of drug-likeness (QED) is 0.638. The fourth-order valence-corrected chi connectivity index (χ4v) is 2.90. The zero-order valence-corrected chi connectivity index (χ0v) is 11.9. The second-order valence-corrected chi connectivity index (χ2v) is 5.38. The number of nitrogens with zero attached hydrogens (tertiary/aromatic N) is 2. The van der Waals surface area contributed by atoms with Crippen LogP contribution in [0.3, 0.4) is 0 Å². The molecule has 1 aromatic carbocycles. The van der Waals surface area contributed by atoms with Gasteiger partial charge < -0.3 is 16.4 Å². The van der Waals surface area contributed by atoms with E-state index in [0.29, 0.717) is 17.9 Å². The molecule has 2 amide bonds. The highest BCUT2D eigenvalue weighted by Gasteiger charge is 2.25. The van der Waals surface area contributed by atoms with Crippen molar-refractivity contribution in [3.8, 4) is 0 Å². The van der Waals surface area contributed by atoms with E-state index in [4.69, 9.17) is 11.5 Å². The van der Waals surface area contributed by atoms with Crippen LogP contribution in [-0.4, -0.2) is 30.1 Å². The van der Waals surface area contributed by atoms with E-state index in [9.17, 15) is 9.59 Å². The Morgan fingerprint density at radius 3 is 2.85 bits per heavy atom. The molecule has 0 radical (unpaired) electrons. The zero-order valence-electron chi connectivity index (χ0n) is 11.1. The van der Waals surface area contributed by atoms with E-state index in [2.05, 4.69) is 4.99 Å². The number of carbonyl (C=O) groups is 2. The number of rotatable bonds is 3. The van der Waals surface area contributed by atoms with Gasteiger partial charge in [0.2, 0.25) is 5.91 Å². The van der Waals surface area contributed by atoms with Crippen LogP contribution in [0, 0.1) is 0 Å². The van der Waals surface area contributed by atoms with Gasteiger partial charge in [-0.05, 0) is 24.6 Å². The standard InChI is InChI=1S/C13H16N4O2S/c1-2-5-17-9-6-8(12(19)16-13(14)15)3-4-10(9)20-7-11(17)18/h3-4,6H,2,5,7H2,1H3,(H4,14,15,16,19). The van der Waals surface area contributed by atoms with Crippen LogP contribution in [0.15, 0.2) is 28.1 Å². The maximum Gasteiger partial charge on any atom is 0.280 e. The Hall–Kier alpha value is -2.02. The summed E-state index contributed by atoms with van der Waals surface area (Å²) < 4.78 is 0. The number of fused-ring (bicyclic) bond motifs is 1. The van der Waals surface area contributed by atoms with E-state index in [0.717, 1.165) is 17.0 Å². The van der Waals surface area contributed by atoms with Crippen molar-refractivity contribution in [3.05, 3.63) is 23.8 Å². The van der Waals surface area contributed by atoms with Gasteiger partial charge in [-0.15, -0.1) is 11.8 Å². The van der Waals surface area contributed by atoms with E-state index in [1.807, 2.05) is 13.0 Å². The maximum absolute atomic E-state index is 12.0. The third-order valence-electron chi connectivity index (χ3n) is 2.83. The molecule has 0 unspecified atom stereocenters. The third-order valence-corrected chi connectivity index (χ3v) is 3.87. The largest absolute Gasteiger partial charge is 0.370 e. The van der Waals surface area contributed by atoms with Gasteiger partial charge in [-0.2, -0.15) is 4.99 Å². The molecule has 0 atom stereocenters. The lowest BCUT2D eigenvalue weighted by Crippen LogP contribution is -2.36.